The van der Waals surface area contributed by atoms with Crippen LogP contribution in [0.25, 0.3) is 11.5 Å². The summed E-state index contributed by atoms with van der Waals surface area (Å²) < 4.78 is 11.3. The van der Waals surface area contributed by atoms with Gasteiger partial charge in [-0.25, -0.2) is 9.78 Å². The molecule has 0 N–H and O–H groups in total. The predicted molar refractivity (Wildman–Crippen MR) is 121 cm³/mol. The molecule has 0 fully saturated rings. The molecule has 0 saturated carbocycles. The molecule has 0 saturated heterocycles. The number of nitrogens with zero attached hydrogens (tertiary/aromatic N) is 3. The molecule has 0 spiro atoms. The van der Waals surface area contributed by atoms with Crippen molar-refractivity contribution in [2.24, 2.45) is 4.99 Å². The molecule has 0 aliphatic heterocycles. The van der Waals surface area contributed by atoms with Crippen molar-refractivity contribution < 1.29 is 13.9 Å². The van der Waals surface area contributed by atoms with Crippen molar-refractivity contribution in [3.63, 3.8) is 0 Å². The maximum atomic E-state index is 12.5. The zero-order chi connectivity index (χ0) is 21.6. The van der Waals surface area contributed by atoms with Gasteiger partial charge in [-0.15, -0.1) is 0 Å². The van der Waals surface area contributed by atoms with E-state index in [1.807, 2.05) is 79.7 Å². The molecule has 0 aliphatic carbocycles. The highest BCUT2D eigenvalue weighted by Crippen LogP contribution is 2.28. The van der Waals surface area contributed by atoms with Crippen LogP contribution >= 0.6 is 0 Å². The van der Waals surface area contributed by atoms with Crippen molar-refractivity contribution in [2.75, 3.05) is 19.0 Å². The van der Waals surface area contributed by atoms with Gasteiger partial charge in [0.2, 0.25) is 5.89 Å². The molecule has 4 rings (SSSR count). The average molecular weight is 411 g/mol. The van der Waals surface area contributed by atoms with Crippen molar-refractivity contribution in [3.8, 4) is 17.4 Å². The van der Waals surface area contributed by atoms with Crippen LogP contribution in [-0.4, -0.2) is 31.3 Å². The number of benzene rings is 3. The Kier molecular flexibility index (Phi) is 5.89. The van der Waals surface area contributed by atoms with E-state index in [1.165, 1.54) is 6.21 Å². The molecule has 31 heavy (non-hydrogen) atoms. The number of hydrogen-bond acceptors (Lipinski definition) is 6. The molecule has 6 nitrogen and oxygen atoms in total. The Bertz CT molecular complexity index is 1180. The number of carbonyl (C=O) groups excluding carboxylic acids is 1. The Morgan fingerprint density at radius 3 is 2.23 bits per heavy atom. The number of carbonyl (C=O) groups is 1. The summed E-state index contributed by atoms with van der Waals surface area (Å²) in [5.74, 6) is -0.177. The van der Waals surface area contributed by atoms with Gasteiger partial charge in [0, 0.05) is 25.3 Å². The second kappa shape index (κ2) is 9.09. The summed E-state index contributed by atoms with van der Waals surface area (Å²) >= 11 is 0. The first kappa shape index (κ1) is 20.1. The van der Waals surface area contributed by atoms with Gasteiger partial charge in [-0.2, -0.15) is 0 Å². The zero-order valence-electron chi connectivity index (χ0n) is 17.2. The van der Waals surface area contributed by atoms with Crippen molar-refractivity contribution in [1.29, 1.82) is 0 Å². The van der Waals surface area contributed by atoms with Gasteiger partial charge < -0.3 is 14.1 Å². The third-order valence-corrected chi connectivity index (χ3v) is 4.54. The molecule has 154 valence electrons. The monoisotopic (exact) mass is 411 g/mol. The fourth-order valence-electron chi connectivity index (χ4n) is 2.87. The standard InChI is InChI=1S/C25H21N3O3/c1-28(2)21-15-13-20(14-16-21)26-17-22-25(31-24(29)19-11-7-4-8-12-19)30-23(27-22)18-9-5-3-6-10-18/h3-17H,1-2H3. The lowest BCUT2D eigenvalue weighted by molar-refractivity contribution is 0.0695. The predicted octanol–water partition coefficient (Wildman–Crippen LogP) is 5.38. The number of esters is 1. The Hall–Kier alpha value is -4.19. The minimum atomic E-state index is -0.527. The first-order valence-corrected chi connectivity index (χ1v) is 9.75. The lowest BCUT2D eigenvalue weighted by atomic mass is 10.2. The van der Waals surface area contributed by atoms with Gasteiger partial charge in [0.05, 0.1) is 17.5 Å². The van der Waals surface area contributed by atoms with Gasteiger partial charge in [-0.05, 0) is 48.5 Å². The summed E-state index contributed by atoms with van der Waals surface area (Å²) in [5.41, 5.74) is 3.34. The topological polar surface area (TPSA) is 67.9 Å². The number of anilines is 1. The van der Waals surface area contributed by atoms with Gasteiger partial charge in [0.25, 0.3) is 0 Å². The average Bonchev–Trinajstić information content (AvgIpc) is 3.21. The highest BCUT2D eigenvalue weighted by molar-refractivity contribution is 5.92. The van der Waals surface area contributed by atoms with E-state index in [4.69, 9.17) is 9.15 Å². The Balaban J connectivity index is 1.64. The van der Waals surface area contributed by atoms with Crippen LogP contribution < -0.4 is 9.64 Å². The van der Waals surface area contributed by atoms with Crippen molar-refractivity contribution >= 4 is 23.6 Å². The maximum absolute atomic E-state index is 12.5. The van der Waals surface area contributed by atoms with Crippen molar-refractivity contribution in [2.45, 2.75) is 0 Å². The summed E-state index contributed by atoms with van der Waals surface area (Å²) in [6.07, 6.45) is 1.54. The minimum Gasteiger partial charge on any atom is -0.405 e. The number of rotatable bonds is 6. The molecule has 0 bridgehead atoms. The molecular formula is C25H21N3O3. The molecular weight excluding hydrogens is 390 g/mol. The van der Waals surface area contributed by atoms with Crippen LogP contribution in [0.2, 0.25) is 0 Å². The molecule has 0 amide bonds. The number of oxazole rings is 1. The molecule has 0 aliphatic rings. The SMILES string of the molecule is CN(C)c1ccc(N=Cc2nc(-c3ccccc3)oc2OC(=O)c2ccccc2)cc1. The Morgan fingerprint density at radius 2 is 1.58 bits per heavy atom. The summed E-state index contributed by atoms with van der Waals surface area (Å²) in [4.78, 5) is 23.5. The van der Waals surface area contributed by atoms with Crippen LogP contribution in [0.1, 0.15) is 16.1 Å². The summed E-state index contributed by atoms with van der Waals surface area (Å²) in [7, 11) is 3.96. The van der Waals surface area contributed by atoms with Crippen LogP contribution in [-0.2, 0) is 0 Å². The molecule has 3 aromatic carbocycles. The van der Waals surface area contributed by atoms with E-state index in [9.17, 15) is 4.79 Å². The fraction of sp³-hybridized carbons (Fsp3) is 0.0800. The Morgan fingerprint density at radius 1 is 0.935 bits per heavy atom. The lowest BCUT2D eigenvalue weighted by Crippen LogP contribution is -2.08. The number of ether oxygens (including phenoxy) is 1. The number of hydrogen-bond donors (Lipinski definition) is 0. The zero-order valence-corrected chi connectivity index (χ0v) is 17.2. The summed E-state index contributed by atoms with van der Waals surface area (Å²) in [5, 5.41) is 0. The quantitative estimate of drug-likeness (QED) is 0.315. The van der Waals surface area contributed by atoms with E-state index in [-0.39, 0.29) is 5.95 Å². The second-order valence-electron chi connectivity index (χ2n) is 6.98. The molecule has 0 radical (unpaired) electrons. The smallest absolute Gasteiger partial charge is 0.345 e. The van der Waals surface area contributed by atoms with Crippen LogP contribution in [0.3, 0.4) is 0 Å². The van der Waals surface area contributed by atoms with E-state index >= 15 is 0 Å². The number of aliphatic imine (C=N–C) groups is 1. The van der Waals surface area contributed by atoms with Gasteiger partial charge in [-0.1, -0.05) is 36.4 Å². The van der Waals surface area contributed by atoms with Crippen molar-refractivity contribution in [1.82, 2.24) is 4.98 Å². The minimum absolute atomic E-state index is 0.00127. The highest BCUT2D eigenvalue weighted by Gasteiger charge is 2.19. The molecule has 0 unspecified atom stereocenters. The van der Waals surface area contributed by atoms with E-state index < -0.39 is 5.97 Å². The molecule has 1 aromatic heterocycles. The van der Waals surface area contributed by atoms with Crippen molar-refractivity contribution in [3.05, 3.63) is 96.2 Å². The van der Waals surface area contributed by atoms with E-state index in [0.717, 1.165) is 16.9 Å². The third kappa shape index (κ3) is 4.87. The van der Waals surface area contributed by atoms with E-state index in [0.29, 0.717) is 17.1 Å². The van der Waals surface area contributed by atoms with Gasteiger partial charge in [-0.3, -0.25) is 4.99 Å². The second-order valence-corrected chi connectivity index (χ2v) is 6.98. The van der Waals surface area contributed by atoms with Crippen LogP contribution in [0, 0.1) is 0 Å². The highest BCUT2D eigenvalue weighted by atomic mass is 16.6. The van der Waals surface area contributed by atoms with E-state index in [1.54, 1.807) is 24.3 Å². The molecule has 4 aromatic rings. The fourth-order valence-corrected chi connectivity index (χ4v) is 2.87. The lowest BCUT2D eigenvalue weighted by Gasteiger charge is -2.11. The Labute approximate surface area is 180 Å². The summed E-state index contributed by atoms with van der Waals surface area (Å²) in [6, 6.07) is 25.9. The van der Waals surface area contributed by atoms with Crippen LogP contribution in [0.15, 0.2) is 94.3 Å². The normalized spacial score (nSPS) is 10.9. The maximum Gasteiger partial charge on any atom is 0.345 e. The van der Waals surface area contributed by atoms with Gasteiger partial charge >= 0.3 is 11.9 Å². The largest absolute Gasteiger partial charge is 0.405 e. The van der Waals surface area contributed by atoms with Gasteiger partial charge in [0.15, 0.2) is 5.69 Å². The third-order valence-electron chi connectivity index (χ3n) is 4.54. The number of aromatic nitrogens is 1. The van der Waals surface area contributed by atoms with Gasteiger partial charge in [0.1, 0.15) is 0 Å². The van der Waals surface area contributed by atoms with Crippen LogP contribution in [0.5, 0.6) is 5.95 Å². The first-order valence-electron chi connectivity index (χ1n) is 9.75. The van der Waals surface area contributed by atoms with Crippen LogP contribution in [0.4, 0.5) is 11.4 Å². The van der Waals surface area contributed by atoms with E-state index in [2.05, 4.69) is 9.98 Å². The first-order chi connectivity index (χ1) is 15.1. The molecule has 6 heteroatoms. The molecule has 1 heterocycles. The molecule has 0 atom stereocenters. The summed E-state index contributed by atoms with van der Waals surface area (Å²) in [6.45, 7) is 0.